The van der Waals surface area contributed by atoms with E-state index in [0.29, 0.717) is 0 Å². The summed E-state index contributed by atoms with van der Waals surface area (Å²) in [6.07, 6.45) is 5.24. The van der Waals surface area contributed by atoms with Crippen molar-refractivity contribution in [3.05, 3.63) is 31.8 Å². The van der Waals surface area contributed by atoms with E-state index >= 15 is 0 Å². The molecule has 0 saturated carbocycles. The number of hydrogen-bond donors (Lipinski definition) is 0. The van der Waals surface area contributed by atoms with Crippen LogP contribution in [-0.2, 0) is 0 Å². The lowest BCUT2D eigenvalue weighted by Crippen LogP contribution is -1.77. The summed E-state index contributed by atoms with van der Waals surface area (Å²) in [4.78, 5) is 0. The summed E-state index contributed by atoms with van der Waals surface area (Å²) in [6.45, 7) is 0. The lowest BCUT2D eigenvalue weighted by molar-refractivity contribution is 1.55. The maximum atomic E-state index is 5.24. The van der Waals surface area contributed by atoms with E-state index in [9.17, 15) is 0 Å². The van der Waals surface area contributed by atoms with E-state index in [1.165, 1.54) is 0 Å². The van der Waals surface area contributed by atoms with Crippen molar-refractivity contribution in [3.63, 3.8) is 0 Å². The molecule has 0 fully saturated rings. The molecule has 0 amide bonds. The Hall–Kier alpha value is -0.0100. The van der Waals surface area contributed by atoms with E-state index in [2.05, 4.69) is 44.4 Å². The molecule has 0 heterocycles. The van der Waals surface area contributed by atoms with Gasteiger partial charge in [0.2, 0.25) is 0 Å². The van der Waals surface area contributed by atoms with Crippen molar-refractivity contribution >= 4 is 38.5 Å². The summed E-state index contributed by atoms with van der Waals surface area (Å²) in [5, 5.41) is 0. The van der Waals surface area contributed by atoms with Gasteiger partial charge in [-0.25, -0.2) is 0 Å². The van der Waals surface area contributed by atoms with Crippen LogP contribution in [0.4, 0.5) is 0 Å². The Morgan fingerprint density at radius 3 is 2.70 bits per heavy atom. The van der Waals surface area contributed by atoms with Crippen LogP contribution >= 0.6 is 38.5 Å². The predicted molar refractivity (Wildman–Crippen MR) is 54.8 cm³/mol. The van der Waals surface area contributed by atoms with Crippen molar-refractivity contribution in [2.24, 2.45) is 0 Å². The van der Waals surface area contributed by atoms with Gasteiger partial charge < -0.3 is 0 Å². The Morgan fingerprint density at radius 1 is 1.50 bits per heavy atom. The first kappa shape index (κ1) is 8.09. The molecule has 0 aliphatic rings. The van der Waals surface area contributed by atoms with E-state index in [4.69, 9.17) is 6.42 Å². The van der Waals surface area contributed by atoms with Crippen LogP contribution in [0.3, 0.4) is 0 Å². The average molecular weight is 307 g/mol. The van der Waals surface area contributed by atoms with Crippen molar-refractivity contribution in [1.29, 1.82) is 0 Å². The van der Waals surface area contributed by atoms with Crippen molar-refractivity contribution in [2.45, 2.75) is 0 Å². The molecule has 1 rings (SSSR count). The molecule has 0 saturated heterocycles. The van der Waals surface area contributed by atoms with Crippen LogP contribution in [-0.4, -0.2) is 0 Å². The van der Waals surface area contributed by atoms with Crippen molar-refractivity contribution in [1.82, 2.24) is 0 Å². The monoisotopic (exact) mass is 306 g/mol. The number of benzene rings is 1. The molecule has 1 aromatic carbocycles. The smallest absolute Gasteiger partial charge is 0.0395 e. The fraction of sp³-hybridized carbons (Fsp3) is 0. The molecule has 2 heteroatoms. The second kappa shape index (κ2) is 3.40. The van der Waals surface area contributed by atoms with Gasteiger partial charge in [-0.05, 0) is 56.7 Å². The van der Waals surface area contributed by atoms with Gasteiger partial charge in [0, 0.05) is 13.6 Å². The zero-order valence-electron chi connectivity index (χ0n) is 5.07. The molecule has 0 aliphatic heterocycles. The predicted octanol–water partition coefficient (Wildman–Crippen LogP) is 3.04. The maximum absolute atomic E-state index is 5.24. The minimum absolute atomic E-state index is 0.909. The Morgan fingerprint density at radius 2 is 2.20 bits per heavy atom. The molecule has 0 bridgehead atoms. The Balaban J connectivity index is 3.25. The summed E-state index contributed by atoms with van der Waals surface area (Å²) < 4.78 is 2.14. The highest BCUT2D eigenvalue weighted by molar-refractivity contribution is 14.1. The fourth-order valence-corrected chi connectivity index (χ4v) is 1.46. The molecule has 10 heavy (non-hydrogen) atoms. The first-order valence-corrected chi connectivity index (χ1v) is 4.53. The summed E-state index contributed by atoms with van der Waals surface area (Å²) in [5.41, 5.74) is 0.909. The molecule has 0 aromatic heterocycles. The second-order valence-corrected chi connectivity index (χ2v) is 3.87. The molecule has 0 atom stereocenters. The van der Waals surface area contributed by atoms with Gasteiger partial charge in [0.1, 0.15) is 0 Å². The van der Waals surface area contributed by atoms with Gasteiger partial charge in [0.15, 0.2) is 0 Å². The molecule has 0 spiro atoms. The number of hydrogen-bond acceptors (Lipinski definition) is 0. The van der Waals surface area contributed by atoms with Gasteiger partial charge in [0.05, 0.1) is 0 Å². The van der Waals surface area contributed by atoms with Crippen LogP contribution in [0.1, 0.15) is 5.56 Å². The topological polar surface area (TPSA) is 0 Å². The molecule has 0 aliphatic carbocycles. The van der Waals surface area contributed by atoms with E-state index in [1.807, 2.05) is 18.2 Å². The van der Waals surface area contributed by atoms with Gasteiger partial charge in [-0.15, -0.1) is 6.42 Å². The third kappa shape index (κ3) is 1.74. The average Bonchev–Trinajstić information content (AvgIpc) is 1.94. The first-order valence-electron chi connectivity index (χ1n) is 2.65. The van der Waals surface area contributed by atoms with Gasteiger partial charge >= 0.3 is 0 Å². The third-order valence-corrected chi connectivity index (χ3v) is 2.45. The van der Waals surface area contributed by atoms with Crippen LogP contribution in [0.2, 0.25) is 0 Å². The number of halogens is 2. The van der Waals surface area contributed by atoms with Crippen LogP contribution < -0.4 is 0 Å². The normalized spacial score (nSPS) is 8.90. The Bertz CT molecular complexity index is 286. The molecular formula is C8H4BrI. The third-order valence-electron chi connectivity index (χ3n) is 1.08. The van der Waals surface area contributed by atoms with E-state index in [-0.39, 0.29) is 0 Å². The highest BCUT2D eigenvalue weighted by atomic mass is 127. The molecule has 0 unspecified atom stereocenters. The van der Waals surface area contributed by atoms with Gasteiger partial charge in [-0.3, -0.25) is 0 Å². The van der Waals surface area contributed by atoms with E-state index < -0.39 is 0 Å². The van der Waals surface area contributed by atoms with Gasteiger partial charge in [-0.1, -0.05) is 5.92 Å². The SMILES string of the molecule is C#Cc1cc(I)ccc1Br. The van der Waals surface area contributed by atoms with Crippen molar-refractivity contribution < 1.29 is 0 Å². The standard InChI is InChI=1S/C8H4BrI/c1-2-6-5-7(10)3-4-8(6)9/h1,3-5H. The lowest BCUT2D eigenvalue weighted by Gasteiger charge is -1.95. The molecule has 50 valence electrons. The summed E-state index contributed by atoms with van der Waals surface area (Å²) in [7, 11) is 0. The van der Waals surface area contributed by atoms with Crippen molar-refractivity contribution in [3.8, 4) is 12.3 Å². The van der Waals surface area contributed by atoms with Crippen molar-refractivity contribution in [2.75, 3.05) is 0 Å². The maximum Gasteiger partial charge on any atom is 0.0395 e. The zero-order chi connectivity index (χ0) is 7.56. The van der Waals surface area contributed by atoms with E-state index in [1.54, 1.807) is 0 Å². The molecular weight excluding hydrogens is 303 g/mol. The summed E-state index contributed by atoms with van der Waals surface area (Å²) >= 11 is 5.57. The number of terminal acetylenes is 1. The van der Waals surface area contributed by atoms with Crippen LogP contribution in [0, 0.1) is 15.9 Å². The highest BCUT2D eigenvalue weighted by Crippen LogP contribution is 2.17. The molecule has 1 aromatic rings. The Kier molecular flexibility index (Phi) is 2.75. The minimum atomic E-state index is 0.909. The van der Waals surface area contributed by atoms with E-state index in [0.717, 1.165) is 13.6 Å². The zero-order valence-corrected chi connectivity index (χ0v) is 8.81. The first-order chi connectivity index (χ1) is 4.74. The molecule has 0 N–H and O–H groups in total. The van der Waals surface area contributed by atoms with Crippen LogP contribution in [0.15, 0.2) is 22.7 Å². The summed E-state index contributed by atoms with van der Waals surface area (Å²) in [6, 6.07) is 5.92. The van der Waals surface area contributed by atoms with Crippen LogP contribution in [0.5, 0.6) is 0 Å². The second-order valence-electron chi connectivity index (χ2n) is 1.77. The quantitative estimate of drug-likeness (QED) is 0.510. The molecule has 0 radical (unpaired) electrons. The number of rotatable bonds is 0. The molecule has 0 nitrogen and oxygen atoms in total. The highest BCUT2D eigenvalue weighted by Gasteiger charge is 1.94. The van der Waals surface area contributed by atoms with Gasteiger partial charge in [-0.2, -0.15) is 0 Å². The van der Waals surface area contributed by atoms with Gasteiger partial charge in [0.25, 0.3) is 0 Å². The van der Waals surface area contributed by atoms with Crippen LogP contribution in [0.25, 0.3) is 0 Å². The lowest BCUT2D eigenvalue weighted by atomic mass is 10.2. The fourth-order valence-electron chi connectivity index (χ4n) is 0.608. The minimum Gasteiger partial charge on any atom is -0.115 e. The summed E-state index contributed by atoms with van der Waals surface area (Å²) in [5.74, 6) is 2.58. The largest absolute Gasteiger partial charge is 0.115 e. The Labute approximate surface area is 82.3 Å².